The van der Waals surface area contributed by atoms with Gasteiger partial charge < -0.3 is 9.64 Å². The molecular weight excluding hydrogens is 346 g/mol. The molecule has 3 rings (SSSR count). The van der Waals surface area contributed by atoms with Crippen molar-refractivity contribution in [3.05, 3.63) is 58.6 Å². The number of fused-ring (bicyclic) bond motifs is 2. The zero-order valence-corrected chi connectivity index (χ0v) is 15.1. The van der Waals surface area contributed by atoms with Gasteiger partial charge in [0.1, 0.15) is 12.4 Å². The predicted octanol–water partition coefficient (Wildman–Crippen LogP) is 3.56. The molecule has 1 heterocycles. The molecule has 24 heavy (non-hydrogen) atoms. The fourth-order valence-corrected chi connectivity index (χ4v) is 4.37. The number of hydrogen-bond acceptors (Lipinski definition) is 4. The highest BCUT2D eigenvalue weighted by atomic mass is 35.5. The number of rotatable bonds is 4. The van der Waals surface area contributed by atoms with Crippen LogP contribution in [0, 0.1) is 0 Å². The molecule has 0 aromatic heterocycles. The van der Waals surface area contributed by atoms with Gasteiger partial charge in [-0.3, -0.25) is 0 Å². The number of nitrogens with zero attached hydrogens (tertiary/aromatic N) is 1. The summed E-state index contributed by atoms with van der Waals surface area (Å²) in [6.45, 7) is 1.18. The Labute approximate surface area is 147 Å². The third-order valence-electron chi connectivity index (χ3n) is 3.79. The van der Waals surface area contributed by atoms with E-state index < -0.39 is 9.84 Å². The Morgan fingerprint density at radius 2 is 1.83 bits per heavy atom. The van der Waals surface area contributed by atoms with Crippen LogP contribution in [0.5, 0.6) is 0 Å². The first-order chi connectivity index (χ1) is 11.4. The summed E-state index contributed by atoms with van der Waals surface area (Å²) in [6, 6.07) is 11.7. The van der Waals surface area contributed by atoms with Crippen LogP contribution < -0.4 is 0 Å². The molecule has 0 unspecified atom stereocenters. The van der Waals surface area contributed by atoms with Crippen molar-refractivity contribution in [1.82, 2.24) is 4.90 Å². The highest BCUT2D eigenvalue weighted by Crippen LogP contribution is 2.37. The van der Waals surface area contributed by atoms with E-state index >= 15 is 0 Å². The molecule has 0 N–H and O–H groups in total. The Balaban J connectivity index is 2.17. The van der Waals surface area contributed by atoms with Gasteiger partial charge in [0.25, 0.3) is 0 Å². The first-order valence-corrected chi connectivity index (χ1v) is 9.39. The van der Waals surface area contributed by atoms with Gasteiger partial charge >= 0.3 is 0 Å². The molecule has 0 saturated heterocycles. The zero-order valence-electron chi connectivity index (χ0n) is 13.5. The van der Waals surface area contributed by atoms with Gasteiger partial charge in [-0.25, -0.2) is 8.42 Å². The standard InChI is InChI=1S/C18H18ClNO3S/c1-20(2)9-10-23-16-11-13-5-3-4-6-17(13)24(21,22)18-8-7-14(19)12-15(16)18/h3-8,11-12H,9-10H2,1-2H3. The molecule has 1 aliphatic rings. The smallest absolute Gasteiger partial charge is 0.207 e. The lowest BCUT2D eigenvalue weighted by atomic mass is 10.1. The molecule has 0 amide bonds. The molecule has 0 spiro atoms. The van der Waals surface area contributed by atoms with Crippen molar-refractivity contribution < 1.29 is 13.2 Å². The maximum Gasteiger partial charge on any atom is 0.207 e. The highest BCUT2D eigenvalue weighted by molar-refractivity contribution is 7.91. The second kappa shape index (κ2) is 6.59. The summed E-state index contributed by atoms with van der Waals surface area (Å²) in [5.74, 6) is 0.517. The van der Waals surface area contributed by atoms with E-state index in [1.54, 1.807) is 36.4 Å². The minimum Gasteiger partial charge on any atom is -0.492 e. The fourth-order valence-electron chi connectivity index (χ4n) is 2.57. The largest absolute Gasteiger partial charge is 0.492 e. The van der Waals surface area contributed by atoms with Crippen molar-refractivity contribution in [1.29, 1.82) is 0 Å². The normalized spacial score (nSPS) is 15.2. The summed E-state index contributed by atoms with van der Waals surface area (Å²) < 4.78 is 31.9. The van der Waals surface area contributed by atoms with E-state index in [0.29, 0.717) is 28.5 Å². The average Bonchev–Trinajstić information content (AvgIpc) is 2.61. The highest BCUT2D eigenvalue weighted by Gasteiger charge is 2.28. The van der Waals surface area contributed by atoms with Gasteiger partial charge in [-0.15, -0.1) is 0 Å². The minimum atomic E-state index is -3.63. The van der Waals surface area contributed by atoms with Crippen LogP contribution in [-0.2, 0) is 14.6 Å². The van der Waals surface area contributed by atoms with E-state index in [2.05, 4.69) is 0 Å². The first-order valence-electron chi connectivity index (χ1n) is 7.53. The van der Waals surface area contributed by atoms with Crippen LogP contribution in [0.25, 0.3) is 11.8 Å². The second-order valence-corrected chi connectivity index (χ2v) is 8.17. The van der Waals surface area contributed by atoms with Crippen LogP contribution in [0.3, 0.4) is 0 Å². The van der Waals surface area contributed by atoms with Crippen molar-refractivity contribution in [3.8, 4) is 0 Å². The average molecular weight is 364 g/mol. The Hall–Kier alpha value is -1.82. The Morgan fingerprint density at radius 3 is 2.58 bits per heavy atom. The molecule has 0 fully saturated rings. The number of sulfone groups is 1. The van der Waals surface area contributed by atoms with E-state index in [9.17, 15) is 8.42 Å². The van der Waals surface area contributed by atoms with Crippen LogP contribution >= 0.6 is 11.6 Å². The van der Waals surface area contributed by atoms with E-state index in [4.69, 9.17) is 16.3 Å². The molecule has 0 atom stereocenters. The lowest BCUT2D eigenvalue weighted by Crippen LogP contribution is -2.17. The molecule has 0 aliphatic carbocycles. The molecule has 126 valence electrons. The topological polar surface area (TPSA) is 46.6 Å². The van der Waals surface area contributed by atoms with E-state index in [1.807, 2.05) is 25.1 Å². The summed E-state index contributed by atoms with van der Waals surface area (Å²) >= 11 is 6.10. The molecule has 0 radical (unpaired) electrons. The monoisotopic (exact) mass is 363 g/mol. The van der Waals surface area contributed by atoms with Crippen LogP contribution in [0.2, 0.25) is 5.02 Å². The number of halogens is 1. The Kier molecular flexibility index (Phi) is 4.67. The zero-order chi connectivity index (χ0) is 17.3. The minimum absolute atomic E-state index is 0.216. The van der Waals surface area contributed by atoms with Gasteiger partial charge in [0.15, 0.2) is 0 Å². The Bertz CT molecular complexity index is 904. The van der Waals surface area contributed by atoms with Crippen molar-refractivity contribution in [2.75, 3.05) is 27.2 Å². The van der Waals surface area contributed by atoms with E-state index in [-0.39, 0.29) is 9.79 Å². The van der Waals surface area contributed by atoms with Crippen molar-refractivity contribution in [2.24, 2.45) is 0 Å². The van der Waals surface area contributed by atoms with Gasteiger partial charge in [-0.1, -0.05) is 29.8 Å². The molecule has 2 aromatic rings. The van der Waals surface area contributed by atoms with Crippen molar-refractivity contribution in [3.63, 3.8) is 0 Å². The van der Waals surface area contributed by atoms with Gasteiger partial charge in [-0.2, -0.15) is 0 Å². The maximum absolute atomic E-state index is 13.0. The van der Waals surface area contributed by atoms with Crippen LogP contribution in [-0.4, -0.2) is 40.6 Å². The fraction of sp³-hybridized carbons (Fsp3) is 0.222. The number of ether oxygens (including phenoxy) is 1. The number of benzene rings is 2. The third kappa shape index (κ3) is 3.20. The molecule has 0 saturated carbocycles. The summed E-state index contributed by atoms with van der Waals surface area (Å²) in [4.78, 5) is 2.49. The summed E-state index contributed by atoms with van der Waals surface area (Å²) in [7, 11) is 0.278. The molecular formula is C18H18ClNO3S. The van der Waals surface area contributed by atoms with Gasteiger partial charge in [-0.05, 0) is 50.0 Å². The molecule has 2 aromatic carbocycles. The summed E-state index contributed by atoms with van der Waals surface area (Å²) in [6.07, 6.45) is 1.77. The molecule has 6 heteroatoms. The summed E-state index contributed by atoms with van der Waals surface area (Å²) in [5, 5.41) is 0.469. The molecule has 0 bridgehead atoms. The first kappa shape index (κ1) is 17.0. The number of likely N-dealkylation sites (N-methyl/N-ethyl adjacent to an activating group) is 1. The SMILES string of the molecule is CN(C)CCOC1=Cc2ccccc2S(=O)(=O)c2ccc(Cl)cc21. The Morgan fingerprint density at radius 1 is 1.08 bits per heavy atom. The van der Waals surface area contributed by atoms with Crippen LogP contribution in [0.15, 0.2) is 52.3 Å². The molecule has 1 aliphatic heterocycles. The van der Waals surface area contributed by atoms with Crippen LogP contribution in [0.4, 0.5) is 0 Å². The van der Waals surface area contributed by atoms with E-state index in [1.165, 1.54) is 6.07 Å². The van der Waals surface area contributed by atoms with Gasteiger partial charge in [0.2, 0.25) is 9.84 Å². The van der Waals surface area contributed by atoms with Gasteiger partial charge in [0, 0.05) is 17.1 Å². The second-order valence-electron chi connectivity index (χ2n) is 5.84. The lowest BCUT2D eigenvalue weighted by molar-refractivity contribution is 0.233. The van der Waals surface area contributed by atoms with E-state index in [0.717, 1.165) is 6.54 Å². The number of hydrogen-bond donors (Lipinski definition) is 0. The predicted molar refractivity (Wildman–Crippen MR) is 95.7 cm³/mol. The van der Waals surface area contributed by atoms with Crippen molar-refractivity contribution in [2.45, 2.75) is 9.79 Å². The lowest BCUT2D eigenvalue weighted by Gasteiger charge is -2.15. The maximum atomic E-state index is 13.0. The quantitative estimate of drug-likeness (QED) is 0.833. The summed E-state index contributed by atoms with van der Waals surface area (Å²) in [5.41, 5.74) is 1.11. The van der Waals surface area contributed by atoms with Gasteiger partial charge in [0.05, 0.1) is 9.79 Å². The van der Waals surface area contributed by atoms with Crippen molar-refractivity contribution >= 4 is 33.3 Å². The molecule has 4 nitrogen and oxygen atoms in total. The third-order valence-corrected chi connectivity index (χ3v) is 5.91. The van der Waals surface area contributed by atoms with Crippen LogP contribution in [0.1, 0.15) is 11.1 Å².